The van der Waals surface area contributed by atoms with Crippen molar-refractivity contribution in [2.45, 2.75) is 75.9 Å². The van der Waals surface area contributed by atoms with E-state index >= 15 is 0 Å². The topological polar surface area (TPSA) is 52.6 Å². The molecular weight excluding hydrogens is 372 g/mol. The SMILES string of the molecule is O=C(NC1CCN(C/C=C\C2CCCC2)CC1)C(O)(c1ccccc1)C1CCCC1. The summed E-state index contributed by atoms with van der Waals surface area (Å²) in [5.41, 5.74) is -0.664. The molecule has 1 aromatic carbocycles. The van der Waals surface area contributed by atoms with Crippen molar-refractivity contribution in [2.75, 3.05) is 19.6 Å². The number of amides is 1. The maximum atomic E-state index is 13.3. The average molecular weight is 411 g/mol. The predicted octanol–water partition coefficient (Wildman–Crippen LogP) is 4.39. The van der Waals surface area contributed by atoms with Crippen LogP contribution in [-0.4, -0.2) is 41.6 Å². The van der Waals surface area contributed by atoms with Gasteiger partial charge in [0.2, 0.25) is 0 Å². The Balaban J connectivity index is 1.31. The van der Waals surface area contributed by atoms with Gasteiger partial charge >= 0.3 is 0 Å². The number of aliphatic hydroxyl groups is 1. The van der Waals surface area contributed by atoms with Gasteiger partial charge in [-0.25, -0.2) is 0 Å². The van der Waals surface area contributed by atoms with Gasteiger partial charge in [-0.2, -0.15) is 0 Å². The first-order valence-corrected chi connectivity index (χ1v) is 12.1. The molecule has 1 unspecified atom stereocenters. The smallest absolute Gasteiger partial charge is 0.257 e. The fourth-order valence-electron chi connectivity index (χ4n) is 5.70. The monoisotopic (exact) mass is 410 g/mol. The molecule has 0 bridgehead atoms. The van der Waals surface area contributed by atoms with Gasteiger partial charge in [-0.05, 0) is 50.0 Å². The van der Waals surface area contributed by atoms with Gasteiger partial charge in [0.15, 0.2) is 5.60 Å². The zero-order valence-electron chi connectivity index (χ0n) is 18.3. The van der Waals surface area contributed by atoms with Crippen LogP contribution in [0.1, 0.15) is 69.8 Å². The van der Waals surface area contributed by atoms with Crippen LogP contribution in [0, 0.1) is 11.8 Å². The number of hydrogen-bond acceptors (Lipinski definition) is 3. The lowest BCUT2D eigenvalue weighted by Crippen LogP contribution is -2.54. The van der Waals surface area contributed by atoms with Crippen molar-refractivity contribution in [1.29, 1.82) is 0 Å². The molecule has 1 atom stereocenters. The number of hydrogen-bond donors (Lipinski definition) is 2. The molecule has 0 radical (unpaired) electrons. The number of nitrogens with zero attached hydrogens (tertiary/aromatic N) is 1. The van der Waals surface area contributed by atoms with E-state index in [9.17, 15) is 9.90 Å². The quantitative estimate of drug-likeness (QED) is 0.656. The van der Waals surface area contributed by atoms with Crippen molar-refractivity contribution in [3.05, 3.63) is 48.0 Å². The van der Waals surface area contributed by atoms with E-state index in [-0.39, 0.29) is 17.9 Å². The Morgan fingerprint density at radius 1 is 1.00 bits per heavy atom. The minimum absolute atomic E-state index is 0.0145. The van der Waals surface area contributed by atoms with Gasteiger partial charge in [-0.1, -0.05) is 68.2 Å². The van der Waals surface area contributed by atoms with Crippen molar-refractivity contribution in [1.82, 2.24) is 10.2 Å². The summed E-state index contributed by atoms with van der Waals surface area (Å²) in [6, 6.07) is 9.73. The van der Waals surface area contributed by atoms with E-state index in [1.165, 1.54) is 25.7 Å². The molecular formula is C26H38N2O2. The van der Waals surface area contributed by atoms with Crippen LogP contribution in [0.15, 0.2) is 42.5 Å². The molecule has 164 valence electrons. The number of carbonyl (C=O) groups excluding carboxylic acids is 1. The molecule has 1 aromatic rings. The summed E-state index contributed by atoms with van der Waals surface area (Å²) >= 11 is 0. The van der Waals surface area contributed by atoms with E-state index in [2.05, 4.69) is 22.4 Å². The number of nitrogens with one attached hydrogen (secondary N) is 1. The molecule has 4 nitrogen and oxygen atoms in total. The van der Waals surface area contributed by atoms with Crippen molar-refractivity contribution < 1.29 is 9.90 Å². The van der Waals surface area contributed by atoms with E-state index in [0.717, 1.165) is 69.6 Å². The Morgan fingerprint density at radius 2 is 1.63 bits per heavy atom. The van der Waals surface area contributed by atoms with Crippen molar-refractivity contribution in [2.24, 2.45) is 11.8 Å². The van der Waals surface area contributed by atoms with Gasteiger partial charge in [0, 0.05) is 31.6 Å². The predicted molar refractivity (Wildman–Crippen MR) is 121 cm³/mol. The normalized spacial score (nSPS) is 24.4. The highest BCUT2D eigenvalue weighted by atomic mass is 16.3. The van der Waals surface area contributed by atoms with Crippen molar-refractivity contribution >= 4 is 5.91 Å². The lowest BCUT2D eigenvalue weighted by molar-refractivity contribution is -0.148. The fourth-order valence-corrected chi connectivity index (χ4v) is 5.70. The Hall–Kier alpha value is -1.65. The number of piperidine rings is 1. The van der Waals surface area contributed by atoms with Crippen LogP contribution >= 0.6 is 0 Å². The maximum absolute atomic E-state index is 13.3. The number of likely N-dealkylation sites (tertiary alicyclic amines) is 1. The molecule has 30 heavy (non-hydrogen) atoms. The third kappa shape index (κ3) is 4.97. The van der Waals surface area contributed by atoms with Crippen LogP contribution in [0.25, 0.3) is 0 Å². The summed E-state index contributed by atoms with van der Waals surface area (Å²) in [5, 5.41) is 14.8. The molecule has 0 spiro atoms. The Kier molecular flexibility index (Phi) is 7.27. The maximum Gasteiger partial charge on any atom is 0.257 e. The van der Waals surface area contributed by atoms with Gasteiger partial charge in [0.1, 0.15) is 0 Å². The number of benzene rings is 1. The molecule has 1 aliphatic heterocycles. The second-order valence-corrected chi connectivity index (χ2v) is 9.63. The van der Waals surface area contributed by atoms with Gasteiger partial charge in [-0.15, -0.1) is 0 Å². The van der Waals surface area contributed by atoms with Crippen LogP contribution in [0.5, 0.6) is 0 Å². The van der Waals surface area contributed by atoms with Crippen LogP contribution in [0.3, 0.4) is 0 Å². The Labute approximate surface area is 181 Å². The lowest BCUT2D eigenvalue weighted by atomic mass is 9.79. The van der Waals surface area contributed by atoms with Crippen LogP contribution in [-0.2, 0) is 10.4 Å². The van der Waals surface area contributed by atoms with E-state index in [4.69, 9.17) is 0 Å². The summed E-state index contributed by atoms with van der Waals surface area (Å²) in [6.45, 7) is 3.04. The standard InChI is InChI=1S/C26H38N2O2/c29-25(26(30,23-14-6-7-15-23)22-12-2-1-3-13-22)27-24-16-19-28(20-17-24)18-8-11-21-9-4-5-10-21/h1-3,8,11-13,21,23-24,30H,4-7,9-10,14-20H2,(H,27,29)/b11-8-. The summed E-state index contributed by atoms with van der Waals surface area (Å²) in [7, 11) is 0. The highest BCUT2D eigenvalue weighted by Crippen LogP contribution is 2.41. The molecule has 2 saturated carbocycles. The fraction of sp³-hybridized carbons (Fsp3) is 0.654. The zero-order valence-corrected chi connectivity index (χ0v) is 18.3. The molecule has 3 aliphatic rings. The third-order valence-electron chi connectivity index (χ3n) is 7.60. The molecule has 2 N–H and O–H groups in total. The van der Waals surface area contributed by atoms with E-state index < -0.39 is 5.60 Å². The van der Waals surface area contributed by atoms with Crippen LogP contribution < -0.4 is 5.32 Å². The molecule has 4 heteroatoms. The molecule has 1 amide bonds. The van der Waals surface area contributed by atoms with E-state index in [0.29, 0.717) is 0 Å². The molecule has 1 saturated heterocycles. The van der Waals surface area contributed by atoms with Crippen LogP contribution in [0.4, 0.5) is 0 Å². The van der Waals surface area contributed by atoms with Crippen LogP contribution in [0.2, 0.25) is 0 Å². The molecule has 1 heterocycles. The highest BCUT2D eigenvalue weighted by molar-refractivity contribution is 5.87. The molecule has 0 aromatic heterocycles. The number of allylic oxidation sites excluding steroid dienone is 1. The summed E-state index contributed by atoms with van der Waals surface area (Å²) < 4.78 is 0. The highest BCUT2D eigenvalue weighted by Gasteiger charge is 2.46. The molecule has 3 fully saturated rings. The largest absolute Gasteiger partial charge is 0.375 e. The third-order valence-corrected chi connectivity index (χ3v) is 7.60. The Bertz CT molecular complexity index is 699. The summed E-state index contributed by atoms with van der Waals surface area (Å²) in [6.07, 6.45) is 16.2. The lowest BCUT2D eigenvalue weighted by Gasteiger charge is -2.37. The van der Waals surface area contributed by atoms with Crippen molar-refractivity contribution in [3.63, 3.8) is 0 Å². The first-order chi connectivity index (χ1) is 14.7. The first-order valence-electron chi connectivity index (χ1n) is 12.1. The van der Waals surface area contributed by atoms with Gasteiger partial charge in [0.25, 0.3) is 5.91 Å². The number of carbonyl (C=O) groups is 1. The average Bonchev–Trinajstić information content (AvgIpc) is 3.50. The van der Waals surface area contributed by atoms with Gasteiger partial charge in [0.05, 0.1) is 0 Å². The second kappa shape index (κ2) is 10.1. The second-order valence-electron chi connectivity index (χ2n) is 9.63. The van der Waals surface area contributed by atoms with Gasteiger partial charge in [-0.3, -0.25) is 9.69 Å². The molecule has 4 rings (SSSR count). The minimum atomic E-state index is -1.40. The summed E-state index contributed by atoms with van der Waals surface area (Å²) in [4.78, 5) is 15.8. The van der Waals surface area contributed by atoms with E-state index in [1.807, 2.05) is 30.3 Å². The molecule has 2 aliphatic carbocycles. The Morgan fingerprint density at radius 3 is 2.30 bits per heavy atom. The minimum Gasteiger partial charge on any atom is -0.375 e. The summed E-state index contributed by atoms with van der Waals surface area (Å²) in [5.74, 6) is 0.619. The number of rotatable bonds is 7. The van der Waals surface area contributed by atoms with E-state index in [1.54, 1.807) is 0 Å². The zero-order chi connectivity index (χ0) is 20.8. The van der Waals surface area contributed by atoms with Gasteiger partial charge < -0.3 is 10.4 Å². The first kappa shape index (κ1) is 21.6. The van der Waals surface area contributed by atoms with Crippen molar-refractivity contribution in [3.8, 4) is 0 Å².